The summed E-state index contributed by atoms with van der Waals surface area (Å²) in [6, 6.07) is 14.0. The van der Waals surface area contributed by atoms with Crippen LogP contribution in [0.25, 0.3) is 11.3 Å². The van der Waals surface area contributed by atoms with E-state index in [-0.39, 0.29) is 0 Å². The van der Waals surface area contributed by atoms with Crippen molar-refractivity contribution in [2.45, 2.75) is 13.5 Å². The molecule has 2 aromatic heterocycles. The Balaban J connectivity index is 1.76. The van der Waals surface area contributed by atoms with Crippen LogP contribution in [0, 0.1) is 6.92 Å². The molecule has 0 aliphatic rings. The van der Waals surface area contributed by atoms with E-state index in [0.29, 0.717) is 6.54 Å². The molecule has 2 N–H and O–H groups in total. The lowest BCUT2D eigenvalue weighted by Crippen LogP contribution is -2.03. The number of rotatable bonds is 4. The highest BCUT2D eigenvalue weighted by molar-refractivity contribution is 5.62. The summed E-state index contributed by atoms with van der Waals surface area (Å²) in [4.78, 5) is 0. The summed E-state index contributed by atoms with van der Waals surface area (Å²) in [5, 5.41) is 18.5. The van der Waals surface area contributed by atoms with Crippen molar-refractivity contribution in [3.63, 3.8) is 0 Å². The van der Waals surface area contributed by atoms with Crippen molar-refractivity contribution in [1.29, 1.82) is 0 Å². The van der Waals surface area contributed by atoms with Crippen LogP contribution in [0.4, 0.5) is 5.82 Å². The van der Waals surface area contributed by atoms with Gasteiger partial charge < -0.3 is 5.32 Å². The molecule has 0 aliphatic carbocycles. The topological polar surface area (TPSA) is 66.5 Å². The molecular weight excluding hydrogens is 250 g/mol. The van der Waals surface area contributed by atoms with E-state index in [0.717, 1.165) is 28.3 Å². The quantitative estimate of drug-likeness (QED) is 0.761. The Bertz CT molecular complexity index is 673. The lowest BCUT2D eigenvalue weighted by molar-refractivity contribution is 0.963. The second-order valence-corrected chi connectivity index (χ2v) is 4.55. The highest BCUT2D eigenvalue weighted by Gasteiger charge is 2.07. The van der Waals surface area contributed by atoms with E-state index in [9.17, 15) is 0 Å². The zero-order chi connectivity index (χ0) is 13.8. The molecule has 0 spiro atoms. The van der Waals surface area contributed by atoms with Gasteiger partial charge in [-0.25, -0.2) is 0 Å². The molecule has 0 saturated heterocycles. The van der Waals surface area contributed by atoms with E-state index in [1.54, 1.807) is 0 Å². The minimum absolute atomic E-state index is 0.651. The molecule has 0 radical (unpaired) electrons. The third-order valence-corrected chi connectivity index (χ3v) is 3.04. The number of aryl methyl sites for hydroxylation is 1. The SMILES string of the molecule is Cc1ccc(NCc2cn[nH]c2-c2ccccc2)nn1. The Kier molecular flexibility index (Phi) is 3.41. The van der Waals surface area contributed by atoms with Crippen LogP contribution in [-0.2, 0) is 6.54 Å². The van der Waals surface area contributed by atoms with E-state index < -0.39 is 0 Å². The second kappa shape index (κ2) is 5.52. The van der Waals surface area contributed by atoms with Gasteiger partial charge in [0.25, 0.3) is 0 Å². The highest BCUT2D eigenvalue weighted by Crippen LogP contribution is 2.21. The number of aromatic nitrogens is 4. The summed E-state index contributed by atoms with van der Waals surface area (Å²) in [6.07, 6.45) is 1.83. The molecule has 2 heterocycles. The fourth-order valence-electron chi connectivity index (χ4n) is 1.98. The van der Waals surface area contributed by atoms with Gasteiger partial charge in [0, 0.05) is 12.1 Å². The molecule has 5 heteroatoms. The molecule has 0 bridgehead atoms. The molecule has 1 aromatic carbocycles. The lowest BCUT2D eigenvalue weighted by Gasteiger charge is -2.06. The van der Waals surface area contributed by atoms with Crippen molar-refractivity contribution in [2.24, 2.45) is 0 Å². The van der Waals surface area contributed by atoms with Crippen LogP contribution in [0.2, 0.25) is 0 Å². The zero-order valence-electron chi connectivity index (χ0n) is 11.2. The maximum Gasteiger partial charge on any atom is 0.148 e. The number of aromatic amines is 1. The number of hydrogen-bond donors (Lipinski definition) is 2. The predicted octanol–water partition coefficient (Wildman–Crippen LogP) is 2.79. The van der Waals surface area contributed by atoms with Gasteiger partial charge in [0.15, 0.2) is 0 Å². The molecule has 0 amide bonds. The summed E-state index contributed by atoms with van der Waals surface area (Å²) in [5.74, 6) is 0.760. The molecule has 0 saturated carbocycles. The maximum absolute atomic E-state index is 4.12. The standard InChI is InChI=1S/C15H15N5/c1-11-7-8-14(19-18-11)16-9-13-10-17-20-15(13)12-5-3-2-4-6-12/h2-8,10H,9H2,1H3,(H,16,19)(H,17,20). The van der Waals surface area contributed by atoms with Gasteiger partial charge in [0.1, 0.15) is 5.82 Å². The monoisotopic (exact) mass is 265 g/mol. The molecule has 0 fully saturated rings. The third kappa shape index (κ3) is 2.66. The number of H-pyrrole nitrogens is 1. The number of benzene rings is 1. The van der Waals surface area contributed by atoms with Crippen LogP contribution in [0.5, 0.6) is 0 Å². The van der Waals surface area contributed by atoms with Crippen molar-refractivity contribution in [1.82, 2.24) is 20.4 Å². The Morgan fingerprint density at radius 1 is 1.05 bits per heavy atom. The van der Waals surface area contributed by atoms with Gasteiger partial charge in [0.05, 0.1) is 17.6 Å². The molecule has 3 rings (SSSR count). The fourth-order valence-corrected chi connectivity index (χ4v) is 1.98. The van der Waals surface area contributed by atoms with E-state index in [4.69, 9.17) is 0 Å². The smallest absolute Gasteiger partial charge is 0.148 e. The van der Waals surface area contributed by atoms with E-state index in [1.807, 2.05) is 43.5 Å². The summed E-state index contributed by atoms with van der Waals surface area (Å²) < 4.78 is 0. The summed E-state index contributed by atoms with van der Waals surface area (Å²) in [6.45, 7) is 2.57. The first kappa shape index (κ1) is 12.3. The zero-order valence-corrected chi connectivity index (χ0v) is 11.2. The van der Waals surface area contributed by atoms with Crippen molar-refractivity contribution in [3.05, 3.63) is 59.9 Å². The third-order valence-electron chi connectivity index (χ3n) is 3.04. The van der Waals surface area contributed by atoms with E-state index in [1.165, 1.54) is 0 Å². The number of anilines is 1. The Labute approximate surface area is 117 Å². The first-order chi connectivity index (χ1) is 9.83. The van der Waals surface area contributed by atoms with Gasteiger partial charge in [-0.1, -0.05) is 30.3 Å². The van der Waals surface area contributed by atoms with E-state index in [2.05, 4.69) is 37.8 Å². The Morgan fingerprint density at radius 3 is 2.65 bits per heavy atom. The van der Waals surface area contributed by atoms with Gasteiger partial charge in [-0.2, -0.15) is 10.2 Å². The minimum atomic E-state index is 0.651. The molecule has 0 aliphatic heterocycles. The second-order valence-electron chi connectivity index (χ2n) is 4.55. The molecule has 0 atom stereocenters. The number of nitrogens with one attached hydrogen (secondary N) is 2. The molecule has 3 aromatic rings. The van der Waals surface area contributed by atoms with Crippen molar-refractivity contribution in [3.8, 4) is 11.3 Å². The van der Waals surface area contributed by atoms with Crippen molar-refractivity contribution >= 4 is 5.82 Å². The minimum Gasteiger partial charge on any atom is -0.364 e. The highest BCUT2D eigenvalue weighted by atomic mass is 15.2. The van der Waals surface area contributed by atoms with Crippen LogP contribution in [0.15, 0.2) is 48.7 Å². The predicted molar refractivity (Wildman–Crippen MR) is 78.1 cm³/mol. The molecule has 20 heavy (non-hydrogen) atoms. The van der Waals surface area contributed by atoms with Gasteiger partial charge in [0.2, 0.25) is 0 Å². The lowest BCUT2D eigenvalue weighted by atomic mass is 10.1. The van der Waals surface area contributed by atoms with Crippen molar-refractivity contribution in [2.75, 3.05) is 5.32 Å². The van der Waals surface area contributed by atoms with Crippen molar-refractivity contribution < 1.29 is 0 Å². The van der Waals surface area contributed by atoms with Crippen LogP contribution >= 0.6 is 0 Å². The average Bonchev–Trinajstić information content (AvgIpc) is 2.96. The largest absolute Gasteiger partial charge is 0.364 e. The summed E-state index contributed by atoms with van der Waals surface area (Å²) >= 11 is 0. The average molecular weight is 265 g/mol. The maximum atomic E-state index is 4.12. The van der Waals surface area contributed by atoms with Gasteiger partial charge in [-0.05, 0) is 24.6 Å². The summed E-state index contributed by atoms with van der Waals surface area (Å²) in [5.41, 5.74) is 4.15. The van der Waals surface area contributed by atoms with Crippen LogP contribution in [0.3, 0.4) is 0 Å². The summed E-state index contributed by atoms with van der Waals surface area (Å²) in [7, 11) is 0. The van der Waals surface area contributed by atoms with E-state index >= 15 is 0 Å². The molecule has 100 valence electrons. The molecule has 5 nitrogen and oxygen atoms in total. The fraction of sp³-hybridized carbons (Fsp3) is 0.133. The first-order valence-corrected chi connectivity index (χ1v) is 6.45. The number of hydrogen-bond acceptors (Lipinski definition) is 4. The molecular formula is C15H15N5. The van der Waals surface area contributed by atoms with Gasteiger partial charge in [-0.3, -0.25) is 5.10 Å². The normalized spacial score (nSPS) is 10.4. The number of nitrogens with zero attached hydrogens (tertiary/aromatic N) is 3. The van der Waals surface area contributed by atoms with Crippen LogP contribution < -0.4 is 5.32 Å². The van der Waals surface area contributed by atoms with Crippen LogP contribution in [0.1, 0.15) is 11.3 Å². The Morgan fingerprint density at radius 2 is 1.90 bits per heavy atom. The molecule has 0 unspecified atom stereocenters. The van der Waals surface area contributed by atoms with Gasteiger partial charge >= 0.3 is 0 Å². The van der Waals surface area contributed by atoms with Gasteiger partial charge in [-0.15, -0.1) is 5.10 Å². The first-order valence-electron chi connectivity index (χ1n) is 6.45. The Hall–Kier alpha value is -2.69. The van der Waals surface area contributed by atoms with Crippen LogP contribution in [-0.4, -0.2) is 20.4 Å².